The van der Waals surface area contributed by atoms with Crippen molar-refractivity contribution in [1.29, 1.82) is 0 Å². The standard InChI is InChI=1S/C24H28F4O/c1-2-3-4-5-6-7-8-17-11-14-19-20(24(17,27)28)15-21(25)23(26)22(19)16-9-12-18(29)13-10-16/h9-10,12-13,15,17,29H,2-8,11,14H2,1H3. The normalized spacial score (nSPS) is 17.9. The molecule has 0 saturated carbocycles. The van der Waals surface area contributed by atoms with E-state index in [4.69, 9.17) is 0 Å². The number of hydrogen-bond acceptors (Lipinski definition) is 1. The summed E-state index contributed by atoms with van der Waals surface area (Å²) in [5.41, 5.74) is -0.0283. The SMILES string of the molecule is CCCCCCCCC1CCc2c(cc(F)c(F)c2-c2ccc(O)cc2)C1(F)F. The zero-order chi connectivity index (χ0) is 21.0. The maximum Gasteiger partial charge on any atom is 0.276 e. The molecule has 0 radical (unpaired) electrons. The Morgan fingerprint density at radius 2 is 1.66 bits per heavy atom. The number of halogens is 4. The lowest BCUT2D eigenvalue weighted by molar-refractivity contribution is -0.0792. The zero-order valence-corrected chi connectivity index (χ0v) is 16.8. The molecule has 0 saturated heterocycles. The van der Waals surface area contributed by atoms with Crippen LogP contribution in [0, 0.1) is 17.6 Å². The van der Waals surface area contributed by atoms with Crippen molar-refractivity contribution in [2.75, 3.05) is 0 Å². The molecule has 1 N–H and O–H groups in total. The predicted octanol–water partition coefficient (Wildman–Crippen LogP) is 7.74. The van der Waals surface area contributed by atoms with Gasteiger partial charge in [-0.15, -0.1) is 0 Å². The van der Waals surface area contributed by atoms with Gasteiger partial charge in [-0.3, -0.25) is 0 Å². The molecule has 0 bridgehead atoms. The van der Waals surface area contributed by atoms with Crippen LogP contribution in [0.5, 0.6) is 5.75 Å². The summed E-state index contributed by atoms with van der Waals surface area (Å²) in [6.07, 6.45) is 7.08. The van der Waals surface area contributed by atoms with Crippen LogP contribution in [0.4, 0.5) is 17.6 Å². The maximum atomic E-state index is 15.2. The quantitative estimate of drug-likeness (QED) is 0.350. The van der Waals surface area contributed by atoms with Gasteiger partial charge in [-0.05, 0) is 48.6 Å². The molecule has 0 fully saturated rings. The Morgan fingerprint density at radius 3 is 2.34 bits per heavy atom. The van der Waals surface area contributed by atoms with Crippen molar-refractivity contribution in [1.82, 2.24) is 0 Å². The van der Waals surface area contributed by atoms with Gasteiger partial charge in [-0.2, -0.15) is 0 Å². The number of rotatable bonds is 8. The number of phenolic OH excluding ortho intramolecular Hbond substituents is 1. The van der Waals surface area contributed by atoms with Crippen LogP contribution in [-0.4, -0.2) is 5.11 Å². The Hall–Kier alpha value is -2.04. The summed E-state index contributed by atoms with van der Waals surface area (Å²) in [6.45, 7) is 2.13. The van der Waals surface area contributed by atoms with Crippen molar-refractivity contribution in [2.45, 2.75) is 70.6 Å². The fourth-order valence-corrected chi connectivity index (χ4v) is 4.37. The second-order valence-corrected chi connectivity index (χ2v) is 8.04. The summed E-state index contributed by atoms with van der Waals surface area (Å²) in [5.74, 6) is -6.43. The molecule has 1 atom stereocenters. The Balaban J connectivity index is 1.85. The van der Waals surface area contributed by atoms with E-state index < -0.39 is 23.5 Å². The van der Waals surface area contributed by atoms with Gasteiger partial charge in [0.2, 0.25) is 0 Å². The first-order valence-corrected chi connectivity index (χ1v) is 10.5. The van der Waals surface area contributed by atoms with Gasteiger partial charge in [0.1, 0.15) is 5.75 Å². The molecule has 1 aliphatic carbocycles. The molecule has 1 nitrogen and oxygen atoms in total. The lowest BCUT2D eigenvalue weighted by atomic mass is 9.75. The Labute approximate surface area is 169 Å². The number of unbranched alkanes of at least 4 members (excludes halogenated alkanes) is 5. The molecular weight excluding hydrogens is 380 g/mol. The van der Waals surface area contributed by atoms with Crippen LogP contribution in [0.2, 0.25) is 0 Å². The van der Waals surface area contributed by atoms with Gasteiger partial charge in [0.15, 0.2) is 11.6 Å². The summed E-state index contributed by atoms with van der Waals surface area (Å²) in [7, 11) is 0. The molecule has 29 heavy (non-hydrogen) atoms. The molecule has 0 amide bonds. The van der Waals surface area contributed by atoms with Crippen LogP contribution in [0.15, 0.2) is 30.3 Å². The van der Waals surface area contributed by atoms with Crippen molar-refractivity contribution in [3.8, 4) is 16.9 Å². The van der Waals surface area contributed by atoms with Gasteiger partial charge >= 0.3 is 0 Å². The van der Waals surface area contributed by atoms with E-state index in [9.17, 15) is 13.9 Å². The average molecular weight is 408 g/mol. The second-order valence-electron chi connectivity index (χ2n) is 8.04. The van der Waals surface area contributed by atoms with Crippen molar-refractivity contribution in [2.24, 2.45) is 5.92 Å². The maximum absolute atomic E-state index is 15.2. The molecule has 3 rings (SSSR count). The lowest BCUT2D eigenvalue weighted by Gasteiger charge is -2.35. The number of alkyl halides is 2. The van der Waals surface area contributed by atoms with E-state index in [1.54, 1.807) is 0 Å². The van der Waals surface area contributed by atoms with Gasteiger partial charge < -0.3 is 5.11 Å². The summed E-state index contributed by atoms with van der Waals surface area (Å²) >= 11 is 0. The minimum atomic E-state index is -3.18. The molecule has 1 aliphatic rings. The first-order valence-electron chi connectivity index (χ1n) is 10.5. The second kappa shape index (κ2) is 9.19. The summed E-state index contributed by atoms with van der Waals surface area (Å²) in [6, 6.07) is 6.22. The van der Waals surface area contributed by atoms with E-state index in [1.165, 1.54) is 24.3 Å². The van der Waals surface area contributed by atoms with Gasteiger partial charge in [-0.1, -0.05) is 57.6 Å². The first kappa shape index (κ1) is 21.7. The van der Waals surface area contributed by atoms with Crippen molar-refractivity contribution >= 4 is 0 Å². The van der Waals surface area contributed by atoms with Crippen LogP contribution in [-0.2, 0) is 12.3 Å². The number of benzene rings is 2. The van der Waals surface area contributed by atoms with Gasteiger partial charge in [0.25, 0.3) is 5.92 Å². The Kier molecular flexibility index (Phi) is 6.86. The topological polar surface area (TPSA) is 20.2 Å². The molecule has 158 valence electrons. The summed E-state index contributed by atoms with van der Waals surface area (Å²) in [4.78, 5) is 0. The van der Waals surface area contributed by atoms with Gasteiger partial charge in [0, 0.05) is 17.0 Å². The van der Waals surface area contributed by atoms with Crippen LogP contribution < -0.4 is 0 Å². The lowest BCUT2D eigenvalue weighted by Crippen LogP contribution is -2.32. The monoisotopic (exact) mass is 408 g/mol. The Bertz CT molecular complexity index is 830. The molecule has 0 spiro atoms. The molecule has 0 aromatic heterocycles. The van der Waals surface area contributed by atoms with Gasteiger partial charge in [-0.25, -0.2) is 17.6 Å². The Morgan fingerprint density at radius 1 is 1.00 bits per heavy atom. The highest BCUT2D eigenvalue weighted by molar-refractivity contribution is 5.71. The zero-order valence-electron chi connectivity index (χ0n) is 16.8. The average Bonchev–Trinajstić information content (AvgIpc) is 2.69. The molecular formula is C24H28F4O. The van der Waals surface area contributed by atoms with Crippen molar-refractivity contribution in [3.63, 3.8) is 0 Å². The van der Waals surface area contributed by atoms with E-state index >= 15 is 8.78 Å². The predicted molar refractivity (Wildman–Crippen MR) is 107 cm³/mol. The highest BCUT2D eigenvalue weighted by Gasteiger charge is 2.46. The van der Waals surface area contributed by atoms with Gasteiger partial charge in [0.05, 0.1) is 0 Å². The largest absolute Gasteiger partial charge is 0.508 e. The number of phenols is 1. The van der Waals surface area contributed by atoms with Crippen LogP contribution >= 0.6 is 0 Å². The van der Waals surface area contributed by atoms with E-state index in [2.05, 4.69) is 6.92 Å². The molecule has 0 aliphatic heterocycles. The minimum absolute atomic E-state index is 0.0243. The van der Waals surface area contributed by atoms with Crippen molar-refractivity contribution in [3.05, 3.63) is 53.1 Å². The third kappa shape index (κ3) is 4.59. The summed E-state index contributed by atoms with van der Waals surface area (Å²) < 4.78 is 59.3. The number of aromatic hydroxyl groups is 1. The molecule has 2 aromatic carbocycles. The van der Waals surface area contributed by atoms with E-state index in [0.717, 1.165) is 38.5 Å². The van der Waals surface area contributed by atoms with E-state index in [-0.39, 0.29) is 28.9 Å². The fourth-order valence-electron chi connectivity index (χ4n) is 4.37. The highest BCUT2D eigenvalue weighted by Crippen LogP contribution is 2.49. The highest BCUT2D eigenvalue weighted by atomic mass is 19.3. The fraction of sp³-hybridized carbons (Fsp3) is 0.500. The van der Waals surface area contributed by atoms with Crippen LogP contribution in [0.1, 0.15) is 69.4 Å². The molecule has 0 heterocycles. The minimum Gasteiger partial charge on any atom is -0.508 e. The summed E-state index contributed by atoms with van der Waals surface area (Å²) in [5, 5.41) is 9.45. The van der Waals surface area contributed by atoms with Crippen LogP contribution in [0.25, 0.3) is 11.1 Å². The smallest absolute Gasteiger partial charge is 0.276 e. The molecule has 2 aromatic rings. The number of fused-ring (bicyclic) bond motifs is 1. The first-order chi connectivity index (χ1) is 13.9. The van der Waals surface area contributed by atoms with E-state index in [1.807, 2.05) is 0 Å². The van der Waals surface area contributed by atoms with Crippen molar-refractivity contribution < 1.29 is 22.7 Å². The number of hydrogen-bond donors (Lipinski definition) is 1. The van der Waals surface area contributed by atoms with E-state index in [0.29, 0.717) is 24.5 Å². The molecule has 5 heteroatoms. The molecule has 1 unspecified atom stereocenters. The third-order valence-corrected chi connectivity index (χ3v) is 6.00. The van der Waals surface area contributed by atoms with Crippen LogP contribution in [0.3, 0.4) is 0 Å². The third-order valence-electron chi connectivity index (χ3n) is 6.00.